The molecule has 0 amide bonds. The maximum absolute atomic E-state index is 12.0. The van der Waals surface area contributed by atoms with Gasteiger partial charge in [-0.2, -0.15) is 0 Å². The van der Waals surface area contributed by atoms with Crippen LogP contribution in [-0.4, -0.2) is 19.5 Å². The molecule has 8 heteroatoms. The molecule has 20 heavy (non-hydrogen) atoms. The maximum Gasteiger partial charge on any atom is 0.271 e. The van der Waals surface area contributed by atoms with Crippen LogP contribution < -0.4 is 10.5 Å². The van der Waals surface area contributed by atoms with E-state index >= 15 is 0 Å². The van der Waals surface area contributed by atoms with E-state index < -0.39 is 10.0 Å². The highest BCUT2D eigenvalue weighted by molar-refractivity contribution is 7.94. The number of anilines is 1. The van der Waals surface area contributed by atoms with Crippen LogP contribution in [-0.2, 0) is 16.4 Å². The molecule has 0 bridgehead atoms. The lowest BCUT2D eigenvalue weighted by Crippen LogP contribution is -2.15. The molecule has 106 valence electrons. The fourth-order valence-electron chi connectivity index (χ4n) is 1.56. The molecule has 0 atom stereocenters. The molecule has 6 nitrogen and oxygen atoms in total. The van der Waals surface area contributed by atoms with Gasteiger partial charge in [-0.25, -0.2) is 8.42 Å². The molecule has 0 aliphatic rings. The molecule has 0 saturated carbocycles. The summed E-state index contributed by atoms with van der Waals surface area (Å²) < 4.78 is 26.7. The Kier molecular flexibility index (Phi) is 4.26. The number of hydrogen-bond acceptors (Lipinski definition) is 5. The highest BCUT2D eigenvalue weighted by Gasteiger charge is 2.14. The number of nitrogens with zero attached hydrogens (tertiary/aromatic N) is 1. The zero-order chi connectivity index (χ0) is 14.6. The molecule has 0 unspecified atom stereocenters. The quantitative estimate of drug-likeness (QED) is 0.339. The molecular formula is C12H13N3O3S2. The summed E-state index contributed by atoms with van der Waals surface area (Å²) >= 11 is 1.15. The number of hydrogen-bond donors (Lipinski definition) is 3. The predicted octanol–water partition coefficient (Wildman–Crippen LogP) is 1.84. The van der Waals surface area contributed by atoms with Gasteiger partial charge in [0.15, 0.2) is 0 Å². The lowest BCUT2D eigenvalue weighted by atomic mass is 10.1. The van der Waals surface area contributed by atoms with Gasteiger partial charge in [0.25, 0.3) is 10.0 Å². The molecule has 2 aromatic rings. The lowest BCUT2D eigenvalue weighted by molar-refractivity contribution is 0.317. The Morgan fingerprint density at radius 2 is 2.00 bits per heavy atom. The normalized spacial score (nSPS) is 12.3. The molecule has 2 rings (SSSR count). The number of oxime groups is 1. The predicted molar refractivity (Wildman–Crippen MR) is 78.7 cm³/mol. The third kappa shape index (κ3) is 3.49. The first-order chi connectivity index (χ1) is 9.51. The van der Waals surface area contributed by atoms with Crippen molar-refractivity contribution >= 4 is 32.9 Å². The van der Waals surface area contributed by atoms with Crippen LogP contribution in [0.2, 0.25) is 0 Å². The van der Waals surface area contributed by atoms with Gasteiger partial charge < -0.3 is 10.9 Å². The van der Waals surface area contributed by atoms with Crippen molar-refractivity contribution in [2.45, 2.75) is 10.6 Å². The number of rotatable bonds is 5. The Hall–Kier alpha value is -2.06. The van der Waals surface area contributed by atoms with Gasteiger partial charge in [0.05, 0.1) is 0 Å². The van der Waals surface area contributed by atoms with Crippen molar-refractivity contribution in [2.24, 2.45) is 10.9 Å². The summed E-state index contributed by atoms with van der Waals surface area (Å²) in [6.07, 6.45) is 0.300. The number of thiophene rings is 1. The first-order valence-corrected chi connectivity index (χ1v) is 7.99. The van der Waals surface area contributed by atoms with Gasteiger partial charge >= 0.3 is 0 Å². The van der Waals surface area contributed by atoms with Crippen molar-refractivity contribution in [1.82, 2.24) is 0 Å². The van der Waals surface area contributed by atoms with Crippen LogP contribution in [0.3, 0.4) is 0 Å². The molecule has 1 aromatic carbocycles. The van der Waals surface area contributed by atoms with E-state index in [4.69, 9.17) is 10.9 Å². The molecule has 4 N–H and O–H groups in total. The number of sulfonamides is 1. The summed E-state index contributed by atoms with van der Waals surface area (Å²) in [5.74, 6) is 0.0944. The summed E-state index contributed by atoms with van der Waals surface area (Å²) in [7, 11) is -3.53. The highest BCUT2D eigenvalue weighted by atomic mass is 32.2. The zero-order valence-corrected chi connectivity index (χ0v) is 12.0. The lowest BCUT2D eigenvalue weighted by Gasteiger charge is -2.07. The average Bonchev–Trinajstić information content (AvgIpc) is 2.95. The van der Waals surface area contributed by atoms with E-state index in [-0.39, 0.29) is 10.0 Å². The van der Waals surface area contributed by atoms with Crippen molar-refractivity contribution in [3.63, 3.8) is 0 Å². The number of nitrogens with two attached hydrogens (primary N) is 1. The van der Waals surface area contributed by atoms with Crippen LogP contribution in [0.15, 0.2) is 51.1 Å². The summed E-state index contributed by atoms with van der Waals surface area (Å²) in [6, 6.07) is 9.91. The number of benzene rings is 1. The summed E-state index contributed by atoms with van der Waals surface area (Å²) in [4.78, 5) is 0. The minimum Gasteiger partial charge on any atom is -0.409 e. The van der Waals surface area contributed by atoms with Crippen LogP contribution in [0.25, 0.3) is 0 Å². The molecule has 0 spiro atoms. The van der Waals surface area contributed by atoms with E-state index in [0.717, 1.165) is 16.9 Å². The van der Waals surface area contributed by atoms with Crippen LogP contribution in [0, 0.1) is 0 Å². The Labute approximate surface area is 120 Å². The Bertz CT molecular complexity index is 692. The summed E-state index contributed by atoms with van der Waals surface area (Å²) in [5, 5.41) is 13.1. The largest absolute Gasteiger partial charge is 0.409 e. The third-order valence-corrected chi connectivity index (χ3v) is 5.26. The molecule has 0 radical (unpaired) electrons. The van der Waals surface area contributed by atoms with Gasteiger partial charge in [-0.05, 0) is 29.1 Å². The van der Waals surface area contributed by atoms with Crippen LogP contribution in [0.4, 0.5) is 5.69 Å². The van der Waals surface area contributed by atoms with Crippen molar-refractivity contribution < 1.29 is 13.6 Å². The highest BCUT2D eigenvalue weighted by Crippen LogP contribution is 2.20. The second-order valence-electron chi connectivity index (χ2n) is 4.00. The number of nitrogens with one attached hydrogen (secondary N) is 1. The first-order valence-electron chi connectivity index (χ1n) is 5.63. The molecule has 0 fully saturated rings. The van der Waals surface area contributed by atoms with Crippen LogP contribution in [0.1, 0.15) is 5.56 Å². The molecule has 0 saturated heterocycles. The molecule has 0 aliphatic carbocycles. The standard InChI is InChI=1S/C12H13N3O3S2/c13-11(14-16)8-9-3-5-10(6-4-9)15-20(17,18)12-2-1-7-19-12/h1-7,15-16H,8H2,(H2,13,14). The fourth-order valence-corrected chi connectivity index (χ4v) is 3.61. The minimum absolute atomic E-state index is 0.0944. The Morgan fingerprint density at radius 1 is 1.30 bits per heavy atom. The second-order valence-corrected chi connectivity index (χ2v) is 6.86. The van der Waals surface area contributed by atoms with Crippen LogP contribution in [0.5, 0.6) is 0 Å². The first kappa shape index (κ1) is 14.4. The van der Waals surface area contributed by atoms with Gasteiger partial charge in [0.2, 0.25) is 0 Å². The second kappa shape index (κ2) is 5.93. The van der Waals surface area contributed by atoms with E-state index in [1.165, 1.54) is 0 Å². The van der Waals surface area contributed by atoms with E-state index in [1.807, 2.05) is 0 Å². The summed E-state index contributed by atoms with van der Waals surface area (Å²) in [5.41, 5.74) is 6.68. The molecular weight excluding hydrogens is 298 g/mol. The Balaban J connectivity index is 2.12. The topological polar surface area (TPSA) is 105 Å². The van der Waals surface area contributed by atoms with Crippen molar-refractivity contribution in [3.05, 3.63) is 47.3 Å². The van der Waals surface area contributed by atoms with Crippen molar-refractivity contribution in [1.29, 1.82) is 0 Å². The molecule has 1 heterocycles. The van der Waals surface area contributed by atoms with Crippen molar-refractivity contribution in [2.75, 3.05) is 4.72 Å². The maximum atomic E-state index is 12.0. The smallest absolute Gasteiger partial charge is 0.271 e. The van der Waals surface area contributed by atoms with E-state index in [1.54, 1.807) is 41.8 Å². The fraction of sp³-hybridized carbons (Fsp3) is 0.0833. The molecule has 0 aliphatic heterocycles. The van der Waals surface area contributed by atoms with Gasteiger partial charge in [-0.15, -0.1) is 11.3 Å². The van der Waals surface area contributed by atoms with Gasteiger partial charge in [-0.3, -0.25) is 4.72 Å². The Morgan fingerprint density at radius 3 is 2.55 bits per heavy atom. The van der Waals surface area contributed by atoms with E-state index in [2.05, 4.69) is 9.88 Å². The van der Waals surface area contributed by atoms with E-state index in [0.29, 0.717) is 12.1 Å². The average molecular weight is 311 g/mol. The third-order valence-electron chi connectivity index (χ3n) is 2.48. The van der Waals surface area contributed by atoms with E-state index in [9.17, 15) is 8.42 Å². The number of amidine groups is 1. The molecule has 1 aromatic heterocycles. The van der Waals surface area contributed by atoms with Gasteiger partial charge in [0.1, 0.15) is 10.0 Å². The van der Waals surface area contributed by atoms with Crippen LogP contribution >= 0.6 is 11.3 Å². The SMILES string of the molecule is NC(Cc1ccc(NS(=O)(=O)c2cccs2)cc1)=NO. The van der Waals surface area contributed by atoms with Gasteiger partial charge in [0, 0.05) is 12.1 Å². The monoisotopic (exact) mass is 311 g/mol. The summed E-state index contributed by atoms with van der Waals surface area (Å²) in [6.45, 7) is 0. The minimum atomic E-state index is -3.53. The van der Waals surface area contributed by atoms with Gasteiger partial charge in [-0.1, -0.05) is 23.4 Å². The zero-order valence-electron chi connectivity index (χ0n) is 10.4. The van der Waals surface area contributed by atoms with Crippen molar-refractivity contribution in [3.8, 4) is 0 Å².